The van der Waals surface area contributed by atoms with E-state index in [1.807, 2.05) is 36.4 Å². The van der Waals surface area contributed by atoms with Gasteiger partial charge in [0.15, 0.2) is 0 Å². The maximum atomic E-state index is 14.2. The molecule has 0 unspecified atom stereocenters. The van der Waals surface area contributed by atoms with Gasteiger partial charge in [0.05, 0.1) is 22.4 Å². The third-order valence-electron chi connectivity index (χ3n) is 9.18. The van der Waals surface area contributed by atoms with E-state index in [0.29, 0.717) is 5.69 Å². The van der Waals surface area contributed by atoms with Gasteiger partial charge in [-0.15, -0.1) is 0 Å². The highest BCUT2D eigenvalue weighted by Crippen LogP contribution is 2.66. The van der Waals surface area contributed by atoms with Crippen molar-refractivity contribution in [1.82, 2.24) is 0 Å². The molecule has 0 radical (unpaired) electrons. The van der Waals surface area contributed by atoms with Crippen molar-refractivity contribution in [3.63, 3.8) is 0 Å². The summed E-state index contributed by atoms with van der Waals surface area (Å²) in [7, 11) is 0. The van der Waals surface area contributed by atoms with E-state index in [1.54, 1.807) is 24.3 Å². The molecule has 2 amide bonds. The summed E-state index contributed by atoms with van der Waals surface area (Å²) in [6, 6.07) is 30.1. The van der Waals surface area contributed by atoms with Crippen molar-refractivity contribution in [2.75, 3.05) is 4.90 Å². The van der Waals surface area contributed by atoms with Gasteiger partial charge < -0.3 is 0 Å². The largest absolute Gasteiger partial charge is 0.274 e. The first-order valence-electron chi connectivity index (χ1n) is 12.7. The van der Waals surface area contributed by atoms with Crippen LogP contribution in [-0.2, 0) is 20.4 Å². The van der Waals surface area contributed by atoms with Crippen LogP contribution in [0.15, 0.2) is 97.1 Å². The van der Waals surface area contributed by atoms with Crippen LogP contribution in [-0.4, -0.2) is 16.7 Å². The minimum Gasteiger partial charge on any atom is -0.274 e. The third-order valence-corrected chi connectivity index (χ3v) is 9.18. The molecule has 4 aromatic carbocycles. The van der Waals surface area contributed by atoms with Crippen LogP contribution in [0.2, 0.25) is 0 Å². The number of amides is 2. The van der Waals surface area contributed by atoms with Gasteiger partial charge in [-0.25, -0.2) is 4.90 Å². The fraction of sp³-hybridized carbons (Fsp3) is 0.188. The second-order valence-corrected chi connectivity index (χ2v) is 10.8. The molecule has 38 heavy (non-hydrogen) atoms. The molecule has 6 heteroatoms. The topological polar surface area (TPSA) is 80.5 Å². The Kier molecular flexibility index (Phi) is 4.45. The number of carbonyl (C=O) groups excluding carboxylic acids is 2. The molecule has 1 fully saturated rings. The summed E-state index contributed by atoms with van der Waals surface area (Å²) in [5.74, 6) is -1.33. The lowest BCUT2D eigenvalue weighted by Gasteiger charge is -2.57. The van der Waals surface area contributed by atoms with Gasteiger partial charge in [-0.1, -0.05) is 74.5 Å². The van der Waals surface area contributed by atoms with Crippen LogP contribution >= 0.6 is 0 Å². The van der Waals surface area contributed by atoms with Gasteiger partial charge in [-0.3, -0.25) is 19.7 Å². The molecule has 2 bridgehead atoms. The standard InChI is InChI=1S/C32H24N2O4/c1-31-23-7-3-5-9-25(23)32(2,26-10-6-4-8-24(26)31)28-27(31)29(35)33(30(28)36)21-15-11-19(12-16-21)20-13-17-22(18-14-20)34(37)38/h3-18,27-28H,1-2H3/t27-,28-,31?,32?/m0/s1. The van der Waals surface area contributed by atoms with Crippen molar-refractivity contribution >= 4 is 23.2 Å². The number of hydrogen-bond donors (Lipinski definition) is 0. The van der Waals surface area contributed by atoms with Crippen molar-refractivity contribution < 1.29 is 14.5 Å². The van der Waals surface area contributed by atoms with Gasteiger partial charge in [-0.05, 0) is 57.6 Å². The molecular weight excluding hydrogens is 476 g/mol. The number of non-ortho nitro benzene ring substituents is 1. The molecule has 2 atom stereocenters. The smallest absolute Gasteiger partial charge is 0.269 e. The number of imide groups is 1. The van der Waals surface area contributed by atoms with E-state index < -0.39 is 27.6 Å². The molecule has 3 aliphatic carbocycles. The molecule has 1 aliphatic heterocycles. The van der Waals surface area contributed by atoms with Crippen LogP contribution in [0.5, 0.6) is 0 Å². The van der Waals surface area contributed by atoms with E-state index in [4.69, 9.17) is 0 Å². The maximum absolute atomic E-state index is 14.2. The molecule has 0 aromatic heterocycles. The highest BCUT2D eigenvalue weighted by molar-refractivity contribution is 6.24. The number of nitrogens with zero attached hydrogens (tertiary/aromatic N) is 2. The maximum Gasteiger partial charge on any atom is 0.269 e. The minimum atomic E-state index is -0.615. The van der Waals surface area contributed by atoms with Crippen LogP contribution in [0.25, 0.3) is 11.1 Å². The molecule has 1 heterocycles. The number of nitro groups is 1. The SMILES string of the molecule is CC12c3ccccc3C(C)(c3ccccc31)[C@@H]1C(=O)N(c3ccc(-c4ccc([N+](=O)[O-])cc4)cc3)C(=O)[C@H]12. The Morgan fingerprint density at radius 3 is 1.37 bits per heavy atom. The van der Waals surface area contributed by atoms with Gasteiger partial charge in [0.25, 0.3) is 5.69 Å². The van der Waals surface area contributed by atoms with E-state index in [-0.39, 0.29) is 17.5 Å². The summed E-state index contributed by atoms with van der Waals surface area (Å²) < 4.78 is 0. The Bertz CT molecular complexity index is 1550. The lowest BCUT2D eigenvalue weighted by molar-refractivity contribution is -0.384. The summed E-state index contributed by atoms with van der Waals surface area (Å²) in [4.78, 5) is 40.3. The fourth-order valence-electron chi connectivity index (χ4n) is 7.40. The molecule has 1 saturated heterocycles. The summed E-state index contributed by atoms with van der Waals surface area (Å²) in [6.45, 7) is 4.24. The molecule has 4 aliphatic rings. The molecule has 6 nitrogen and oxygen atoms in total. The quantitative estimate of drug-likeness (QED) is 0.196. The third kappa shape index (κ3) is 2.62. The number of anilines is 1. The van der Waals surface area contributed by atoms with Crippen LogP contribution in [0.3, 0.4) is 0 Å². The molecule has 186 valence electrons. The Balaban J connectivity index is 1.33. The van der Waals surface area contributed by atoms with Gasteiger partial charge in [0, 0.05) is 23.0 Å². The van der Waals surface area contributed by atoms with E-state index in [1.165, 1.54) is 17.0 Å². The molecule has 0 N–H and O–H groups in total. The first kappa shape index (κ1) is 22.6. The summed E-state index contributed by atoms with van der Waals surface area (Å²) >= 11 is 0. The van der Waals surface area contributed by atoms with E-state index in [2.05, 4.69) is 38.1 Å². The van der Waals surface area contributed by atoms with Crippen LogP contribution in [0.4, 0.5) is 11.4 Å². The molecule has 0 spiro atoms. The van der Waals surface area contributed by atoms with Crippen LogP contribution < -0.4 is 4.90 Å². The van der Waals surface area contributed by atoms with Crippen molar-refractivity contribution in [3.8, 4) is 11.1 Å². The van der Waals surface area contributed by atoms with E-state index in [9.17, 15) is 19.7 Å². The van der Waals surface area contributed by atoms with E-state index >= 15 is 0 Å². The molecule has 8 rings (SSSR count). The zero-order chi connectivity index (χ0) is 26.4. The predicted octanol–water partition coefficient (Wildman–Crippen LogP) is 6.01. The Morgan fingerprint density at radius 2 is 1.00 bits per heavy atom. The average molecular weight is 501 g/mol. The first-order valence-corrected chi connectivity index (χ1v) is 12.7. The molecule has 4 aromatic rings. The Morgan fingerprint density at radius 1 is 0.632 bits per heavy atom. The Labute approximate surface area is 219 Å². The summed E-state index contributed by atoms with van der Waals surface area (Å²) in [5.41, 5.74) is 5.50. The van der Waals surface area contributed by atoms with Crippen LogP contribution in [0.1, 0.15) is 36.1 Å². The van der Waals surface area contributed by atoms with Gasteiger partial charge in [0.2, 0.25) is 11.8 Å². The highest BCUT2D eigenvalue weighted by atomic mass is 16.6. The predicted molar refractivity (Wildman–Crippen MR) is 144 cm³/mol. The van der Waals surface area contributed by atoms with E-state index in [0.717, 1.165) is 33.4 Å². The van der Waals surface area contributed by atoms with Gasteiger partial charge in [0.1, 0.15) is 0 Å². The number of nitro benzene ring substituents is 1. The fourth-order valence-corrected chi connectivity index (χ4v) is 7.40. The number of rotatable bonds is 3. The second-order valence-electron chi connectivity index (χ2n) is 10.8. The number of carbonyl (C=O) groups is 2. The normalized spacial score (nSPS) is 26.6. The first-order chi connectivity index (χ1) is 18.3. The molecule has 0 saturated carbocycles. The lowest BCUT2D eigenvalue weighted by atomic mass is 9.42. The molecular formula is C32H24N2O4. The van der Waals surface area contributed by atoms with Crippen LogP contribution in [0, 0.1) is 22.0 Å². The number of benzene rings is 4. The minimum absolute atomic E-state index is 0.0276. The number of hydrogen-bond acceptors (Lipinski definition) is 4. The lowest BCUT2D eigenvalue weighted by Crippen LogP contribution is -2.59. The highest BCUT2D eigenvalue weighted by Gasteiger charge is 2.70. The van der Waals surface area contributed by atoms with Crippen molar-refractivity contribution in [2.24, 2.45) is 11.8 Å². The van der Waals surface area contributed by atoms with Crippen molar-refractivity contribution in [3.05, 3.63) is 129 Å². The monoisotopic (exact) mass is 500 g/mol. The second kappa shape index (κ2) is 7.48. The average Bonchev–Trinajstić information content (AvgIpc) is 3.22. The Hall–Kier alpha value is -4.58. The van der Waals surface area contributed by atoms with Crippen molar-refractivity contribution in [2.45, 2.75) is 24.7 Å². The zero-order valence-electron chi connectivity index (χ0n) is 20.9. The van der Waals surface area contributed by atoms with Gasteiger partial charge >= 0.3 is 0 Å². The zero-order valence-corrected chi connectivity index (χ0v) is 20.9. The van der Waals surface area contributed by atoms with Gasteiger partial charge in [-0.2, -0.15) is 0 Å². The summed E-state index contributed by atoms with van der Waals surface area (Å²) in [5, 5.41) is 11.0. The summed E-state index contributed by atoms with van der Waals surface area (Å²) in [6.07, 6.45) is 0. The van der Waals surface area contributed by atoms with Crippen molar-refractivity contribution in [1.29, 1.82) is 0 Å².